The normalized spacial score (nSPS) is 20.9. The molecule has 1 fully saturated rings. The summed E-state index contributed by atoms with van der Waals surface area (Å²) in [6, 6.07) is 1.55. The Kier molecular flexibility index (Phi) is 8.82. The van der Waals surface area contributed by atoms with Crippen molar-refractivity contribution in [3.8, 4) is 0 Å². The molecule has 19 heavy (non-hydrogen) atoms. The van der Waals surface area contributed by atoms with Gasteiger partial charge < -0.3 is 15.6 Å². The fraction of sp³-hybridized carbons (Fsp3) is 0.692. The first-order chi connectivity index (χ1) is 9.20. The Hall–Kier alpha value is -1.40. The molecule has 0 spiro atoms. The van der Waals surface area contributed by atoms with Crippen LogP contribution < -0.4 is 11.4 Å². The number of hydrogen-bond acceptors (Lipinski definition) is 5. The lowest BCUT2D eigenvalue weighted by Gasteiger charge is -2.14. The fourth-order valence-corrected chi connectivity index (χ4v) is 1.67. The lowest BCUT2D eigenvalue weighted by molar-refractivity contribution is -0.0245. The van der Waals surface area contributed by atoms with E-state index in [-0.39, 0.29) is 24.8 Å². The van der Waals surface area contributed by atoms with Crippen molar-refractivity contribution in [2.45, 2.75) is 52.9 Å². The van der Waals surface area contributed by atoms with Crippen molar-refractivity contribution in [2.24, 2.45) is 0 Å². The quantitative estimate of drug-likeness (QED) is 0.851. The summed E-state index contributed by atoms with van der Waals surface area (Å²) in [4.78, 5) is 15.1. The monoisotopic (exact) mass is 271 g/mol. The molecular formula is C13H25N3O3. The van der Waals surface area contributed by atoms with Gasteiger partial charge in [0.15, 0.2) is 0 Å². The van der Waals surface area contributed by atoms with Crippen molar-refractivity contribution in [1.82, 2.24) is 9.55 Å². The lowest BCUT2D eigenvalue weighted by atomic mass is 10.2. The van der Waals surface area contributed by atoms with E-state index >= 15 is 0 Å². The van der Waals surface area contributed by atoms with Crippen LogP contribution in [0.25, 0.3) is 0 Å². The smallest absolute Gasteiger partial charge is 0.351 e. The lowest BCUT2D eigenvalue weighted by Crippen LogP contribution is -2.27. The molecule has 2 heterocycles. The third kappa shape index (κ3) is 5.00. The van der Waals surface area contributed by atoms with Gasteiger partial charge >= 0.3 is 5.69 Å². The van der Waals surface area contributed by atoms with Crippen molar-refractivity contribution in [1.29, 1.82) is 0 Å². The zero-order valence-corrected chi connectivity index (χ0v) is 12.2. The highest BCUT2D eigenvalue weighted by Gasteiger charge is 2.26. The highest BCUT2D eigenvalue weighted by molar-refractivity contribution is 5.23. The standard InChI is InChI=1S/C9H13N3O3.2C2H6/c10-7-3-4-12(9(14)11-7)8-2-1-6(5-13)15-8;2*1-2/h3-4,6,8,13H,1-2,5H2,(H2,10,11,14);2*1-2H3/t6-,8+;;/m0../s1. The number of rotatable bonds is 2. The van der Waals surface area contributed by atoms with Crippen molar-refractivity contribution in [2.75, 3.05) is 12.3 Å². The van der Waals surface area contributed by atoms with Gasteiger partial charge in [-0.15, -0.1) is 0 Å². The summed E-state index contributed by atoms with van der Waals surface area (Å²) < 4.78 is 6.84. The number of aliphatic hydroxyl groups excluding tert-OH is 1. The Morgan fingerprint density at radius 1 is 1.42 bits per heavy atom. The molecule has 3 N–H and O–H groups in total. The van der Waals surface area contributed by atoms with Gasteiger partial charge in [0.1, 0.15) is 12.0 Å². The summed E-state index contributed by atoms with van der Waals surface area (Å²) in [7, 11) is 0. The molecular weight excluding hydrogens is 246 g/mol. The van der Waals surface area contributed by atoms with Gasteiger partial charge in [-0.1, -0.05) is 27.7 Å². The van der Waals surface area contributed by atoms with Crippen LogP contribution in [0.15, 0.2) is 17.1 Å². The predicted molar refractivity (Wildman–Crippen MR) is 75.8 cm³/mol. The Morgan fingerprint density at radius 2 is 2.05 bits per heavy atom. The van der Waals surface area contributed by atoms with E-state index in [9.17, 15) is 4.79 Å². The minimum Gasteiger partial charge on any atom is -0.394 e. The average molecular weight is 271 g/mol. The Morgan fingerprint density at radius 3 is 2.53 bits per heavy atom. The molecule has 0 bridgehead atoms. The number of hydrogen-bond donors (Lipinski definition) is 2. The minimum absolute atomic E-state index is 0.0202. The molecule has 1 aliphatic rings. The van der Waals surface area contributed by atoms with Crippen molar-refractivity contribution in [3.05, 3.63) is 22.7 Å². The maximum Gasteiger partial charge on any atom is 0.351 e. The second-order valence-corrected chi connectivity index (χ2v) is 3.51. The summed E-state index contributed by atoms with van der Waals surface area (Å²) >= 11 is 0. The summed E-state index contributed by atoms with van der Waals surface area (Å²) in [6.45, 7) is 7.98. The molecule has 0 unspecified atom stereocenters. The molecule has 1 saturated heterocycles. The highest BCUT2D eigenvalue weighted by Crippen LogP contribution is 2.26. The molecule has 1 aliphatic heterocycles. The van der Waals surface area contributed by atoms with Crippen LogP contribution in [-0.4, -0.2) is 27.4 Å². The van der Waals surface area contributed by atoms with Gasteiger partial charge in [-0.25, -0.2) is 4.79 Å². The maximum atomic E-state index is 11.5. The first-order valence-electron chi connectivity index (χ1n) is 6.81. The number of nitrogens with two attached hydrogens (primary N) is 1. The van der Waals surface area contributed by atoms with E-state index in [1.807, 2.05) is 27.7 Å². The van der Waals surface area contributed by atoms with E-state index in [1.165, 1.54) is 4.57 Å². The molecule has 0 amide bonds. The SMILES string of the molecule is CC.CC.Nc1ccn([C@H]2CC[C@@H](CO)O2)c(=O)n1. The van der Waals surface area contributed by atoms with Crippen LogP contribution in [0, 0.1) is 0 Å². The van der Waals surface area contributed by atoms with Crippen LogP contribution in [0.3, 0.4) is 0 Å². The molecule has 2 rings (SSSR count). The highest BCUT2D eigenvalue weighted by atomic mass is 16.5. The van der Waals surface area contributed by atoms with Crippen molar-refractivity contribution in [3.63, 3.8) is 0 Å². The topological polar surface area (TPSA) is 90.4 Å². The zero-order valence-electron chi connectivity index (χ0n) is 12.2. The number of nitrogen functional groups attached to an aromatic ring is 1. The average Bonchev–Trinajstić information content (AvgIpc) is 2.92. The largest absolute Gasteiger partial charge is 0.394 e. The van der Waals surface area contributed by atoms with Gasteiger partial charge in [-0.05, 0) is 18.9 Å². The van der Waals surface area contributed by atoms with Crippen LogP contribution in [0.1, 0.15) is 46.8 Å². The summed E-state index contributed by atoms with van der Waals surface area (Å²) in [5.41, 5.74) is 4.96. The molecule has 2 atom stereocenters. The third-order valence-electron chi connectivity index (χ3n) is 2.45. The summed E-state index contributed by atoms with van der Waals surface area (Å²) in [6.07, 6.45) is 2.51. The van der Waals surface area contributed by atoms with E-state index in [0.29, 0.717) is 6.42 Å². The van der Waals surface area contributed by atoms with E-state index in [4.69, 9.17) is 15.6 Å². The van der Waals surface area contributed by atoms with Crippen LogP contribution in [0.5, 0.6) is 0 Å². The van der Waals surface area contributed by atoms with Gasteiger partial charge in [0.2, 0.25) is 0 Å². The number of aliphatic hydroxyl groups is 1. The second-order valence-electron chi connectivity index (χ2n) is 3.51. The van der Waals surface area contributed by atoms with Crippen LogP contribution in [0.4, 0.5) is 5.82 Å². The van der Waals surface area contributed by atoms with Gasteiger partial charge in [0, 0.05) is 6.20 Å². The molecule has 1 aromatic rings. The van der Waals surface area contributed by atoms with Crippen LogP contribution in [-0.2, 0) is 4.74 Å². The predicted octanol–water partition coefficient (Wildman–Crippen LogP) is 1.55. The van der Waals surface area contributed by atoms with E-state index in [2.05, 4.69) is 4.98 Å². The molecule has 1 aromatic heterocycles. The second kappa shape index (κ2) is 9.52. The Labute approximate surface area is 114 Å². The first-order valence-corrected chi connectivity index (χ1v) is 6.81. The summed E-state index contributed by atoms with van der Waals surface area (Å²) in [5, 5.41) is 8.90. The number of anilines is 1. The molecule has 6 heteroatoms. The number of nitrogens with zero attached hydrogens (tertiary/aromatic N) is 2. The molecule has 110 valence electrons. The molecule has 6 nitrogen and oxygen atoms in total. The van der Waals surface area contributed by atoms with Gasteiger partial charge in [-0.3, -0.25) is 4.57 Å². The third-order valence-corrected chi connectivity index (χ3v) is 2.45. The van der Waals surface area contributed by atoms with Crippen LogP contribution in [0.2, 0.25) is 0 Å². The summed E-state index contributed by atoms with van der Waals surface area (Å²) in [5.74, 6) is 0.202. The van der Waals surface area contributed by atoms with Crippen molar-refractivity contribution >= 4 is 5.82 Å². The zero-order chi connectivity index (χ0) is 14.8. The van der Waals surface area contributed by atoms with Gasteiger partial charge in [0.05, 0.1) is 12.7 Å². The number of ether oxygens (including phenoxy) is 1. The molecule has 0 saturated carbocycles. The molecule has 0 aliphatic carbocycles. The fourth-order valence-electron chi connectivity index (χ4n) is 1.67. The Balaban J connectivity index is 0.000000741. The van der Waals surface area contributed by atoms with Crippen molar-refractivity contribution < 1.29 is 9.84 Å². The van der Waals surface area contributed by atoms with E-state index < -0.39 is 5.69 Å². The first kappa shape index (κ1) is 17.6. The maximum absolute atomic E-state index is 11.5. The molecule has 0 radical (unpaired) electrons. The van der Waals surface area contributed by atoms with Gasteiger partial charge in [0.25, 0.3) is 0 Å². The minimum atomic E-state index is -0.418. The van der Waals surface area contributed by atoms with E-state index in [0.717, 1.165) is 6.42 Å². The van der Waals surface area contributed by atoms with Crippen LogP contribution >= 0.6 is 0 Å². The molecule has 0 aromatic carbocycles. The van der Waals surface area contributed by atoms with E-state index in [1.54, 1.807) is 12.3 Å². The Bertz CT molecular complexity index is 406. The van der Waals surface area contributed by atoms with Gasteiger partial charge in [-0.2, -0.15) is 4.98 Å². The number of aromatic nitrogens is 2.